The second-order valence-corrected chi connectivity index (χ2v) is 4.15. The number of aryl methyl sites for hydroxylation is 1. The molecule has 7 nitrogen and oxygen atoms in total. The second kappa shape index (κ2) is 5.33. The lowest BCUT2D eigenvalue weighted by atomic mass is 10.2. The van der Waals surface area contributed by atoms with E-state index in [1.807, 2.05) is 0 Å². The molecule has 0 saturated carbocycles. The molecule has 0 aliphatic rings. The lowest BCUT2D eigenvalue weighted by Gasteiger charge is -2.09. The molecule has 1 aromatic heterocycles. The third-order valence-electron chi connectivity index (χ3n) is 2.82. The predicted octanol–water partition coefficient (Wildman–Crippen LogP) is 0.611. The first-order valence-electron chi connectivity index (χ1n) is 5.91. The lowest BCUT2D eigenvalue weighted by Crippen LogP contribution is -2.28. The fourth-order valence-electron chi connectivity index (χ4n) is 1.85. The summed E-state index contributed by atoms with van der Waals surface area (Å²) in [5.74, 6) is -2.71. The second-order valence-electron chi connectivity index (χ2n) is 4.15. The van der Waals surface area contributed by atoms with Crippen LogP contribution in [0.4, 0.5) is 10.1 Å². The van der Waals surface area contributed by atoms with E-state index in [0.717, 1.165) is 10.6 Å². The quantitative estimate of drug-likeness (QED) is 0.743. The summed E-state index contributed by atoms with van der Waals surface area (Å²) in [5, 5.41) is 20.2. The standard InChI is InChI=1S/C12H13FN2O5/c1-2-15-10-7(13)3-6(4-9(10)20-12(15)19)14-5-8(16)11(17)18/h3-4,8,14,16H,2,5H2,1H3,(H,17,18)/t8-/m1/s1. The van der Waals surface area contributed by atoms with Crippen LogP contribution in [0.5, 0.6) is 0 Å². The van der Waals surface area contributed by atoms with Crippen LogP contribution < -0.4 is 11.1 Å². The number of oxazole rings is 1. The van der Waals surface area contributed by atoms with Crippen molar-refractivity contribution in [1.29, 1.82) is 0 Å². The number of carboxylic acids is 1. The number of rotatable bonds is 5. The Hall–Kier alpha value is -2.35. The number of hydrogen-bond acceptors (Lipinski definition) is 5. The van der Waals surface area contributed by atoms with Gasteiger partial charge in [0, 0.05) is 18.3 Å². The molecule has 108 valence electrons. The summed E-state index contributed by atoms with van der Waals surface area (Å²) in [7, 11) is 0. The average molecular weight is 284 g/mol. The molecule has 0 aliphatic carbocycles. The summed E-state index contributed by atoms with van der Waals surface area (Å²) in [6.07, 6.45) is -1.61. The number of nitrogens with zero attached hydrogens (tertiary/aromatic N) is 1. The normalized spacial score (nSPS) is 12.6. The molecule has 0 fully saturated rings. The number of aliphatic hydroxyl groups is 1. The lowest BCUT2D eigenvalue weighted by molar-refractivity contribution is -0.145. The van der Waals surface area contributed by atoms with Gasteiger partial charge in [-0.2, -0.15) is 0 Å². The SMILES string of the molecule is CCn1c(=O)oc2cc(NC[C@@H](O)C(=O)O)cc(F)c21. The highest BCUT2D eigenvalue weighted by atomic mass is 19.1. The summed E-state index contributed by atoms with van der Waals surface area (Å²) < 4.78 is 20.0. The maximum Gasteiger partial charge on any atom is 0.420 e. The molecule has 2 rings (SSSR count). The highest BCUT2D eigenvalue weighted by Crippen LogP contribution is 2.22. The minimum atomic E-state index is -1.61. The van der Waals surface area contributed by atoms with Crippen LogP contribution in [0, 0.1) is 5.82 Å². The number of carbonyl (C=O) groups is 1. The van der Waals surface area contributed by atoms with Gasteiger partial charge in [-0.15, -0.1) is 0 Å². The van der Waals surface area contributed by atoms with Crippen molar-refractivity contribution >= 4 is 22.8 Å². The van der Waals surface area contributed by atoms with Gasteiger partial charge in [0.2, 0.25) is 0 Å². The van der Waals surface area contributed by atoms with Gasteiger partial charge < -0.3 is 19.9 Å². The molecule has 0 saturated heterocycles. The van der Waals surface area contributed by atoms with Gasteiger partial charge in [0.25, 0.3) is 0 Å². The zero-order chi connectivity index (χ0) is 14.9. The van der Waals surface area contributed by atoms with Crippen LogP contribution in [-0.4, -0.2) is 33.4 Å². The van der Waals surface area contributed by atoms with Gasteiger partial charge >= 0.3 is 11.7 Å². The van der Waals surface area contributed by atoms with E-state index in [-0.39, 0.29) is 29.9 Å². The van der Waals surface area contributed by atoms with E-state index < -0.39 is 23.6 Å². The molecule has 0 bridgehead atoms. The van der Waals surface area contributed by atoms with Gasteiger partial charge in [0.05, 0.1) is 6.54 Å². The highest BCUT2D eigenvalue weighted by molar-refractivity contribution is 5.79. The van der Waals surface area contributed by atoms with Crippen LogP contribution in [0.2, 0.25) is 0 Å². The number of fused-ring (bicyclic) bond motifs is 1. The number of benzene rings is 1. The summed E-state index contributed by atoms with van der Waals surface area (Å²) >= 11 is 0. The Morgan fingerprint density at radius 1 is 1.55 bits per heavy atom. The van der Waals surface area contributed by atoms with Crippen LogP contribution in [0.25, 0.3) is 11.1 Å². The number of carboxylic acid groups (broad SMARTS) is 1. The van der Waals surface area contributed by atoms with Gasteiger partial charge in [0.15, 0.2) is 17.5 Å². The van der Waals surface area contributed by atoms with Crippen molar-refractivity contribution in [3.8, 4) is 0 Å². The zero-order valence-corrected chi connectivity index (χ0v) is 10.6. The van der Waals surface area contributed by atoms with E-state index in [4.69, 9.17) is 14.6 Å². The maximum atomic E-state index is 14.0. The smallest absolute Gasteiger partial charge is 0.420 e. The summed E-state index contributed by atoms with van der Waals surface area (Å²) in [5.41, 5.74) is 0.332. The molecule has 20 heavy (non-hydrogen) atoms. The molecule has 2 aromatic rings. The number of anilines is 1. The fraction of sp³-hybridized carbons (Fsp3) is 0.333. The molecule has 3 N–H and O–H groups in total. The molecule has 1 atom stereocenters. The minimum Gasteiger partial charge on any atom is -0.479 e. The van der Waals surface area contributed by atoms with Crippen LogP contribution >= 0.6 is 0 Å². The summed E-state index contributed by atoms with van der Waals surface area (Å²) in [4.78, 5) is 21.9. The molecule has 1 heterocycles. The highest BCUT2D eigenvalue weighted by Gasteiger charge is 2.16. The Labute approximate surface area is 112 Å². The van der Waals surface area contributed by atoms with E-state index in [0.29, 0.717) is 0 Å². The third-order valence-corrected chi connectivity index (χ3v) is 2.82. The van der Waals surface area contributed by atoms with Crippen molar-refractivity contribution in [2.45, 2.75) is 19.6 Å². The van der Waals surface area contributed by atoms with Gasteiger partial charge in [-0.1, -0.05) is 0 Å². The Morgan fingerprint density at radius 2 is 2.25 bits per heavy atom. The summed E-state index contributed by atoms with van der Waals surface area (Å²) in [6, 6.07) is 2.48. The topological polar surface area (TPSA) is 105 Å². The average Bonchev–Trinajstić information content (AvgIpc) is 2.71. The van der Waals surface area contributed by atoms with Gasteiger partial charge in [-0.25, -0.2) is 14.0 Å². The summed E-state index contributed by atoms with van der Waals surface area (Å²) in [6.45, 7) is 1.66. The van der Waals surface area contributed by atoms with Crippen molar-refractivity contribution in [3.63, 3.8) is 0 Å². The predicted molar refractivity (Wildman–Crippen MR) is 68.2 cm³/mol. The van der Waals surface area contributed by atoms with Crippen molar-refractivity contribution in [3.05, 3.63) is 28.5 Å². The van der Waals surface area contributed by atoms with E-state index in [2.05, 4.69) is 5.32 Å². The Kier molecular flexibility index (Phi) is 3.75. The number of aliphatic hydroxyl groups excluding tert-OH is 1. The van der Waals surface area contributed by atoms with Crippen molar-refractivity contribution in [2.75, 3.05) is 11.9 Å². The first kappa shape index (κ1) is 14.1. The zero-order valence-electron chi connectivity index (χ0n) is 10.6. The Bertz CT molecular complexity index is 706. The third kappa shape index (κ3) is 2.50. The molecule has 8 heteroatoms. The molecular formula is C12H13FN2O5. The number of halogens is 1. The number of nitrogens with one attached hydrogen (secondary N) is 1. The molecule has 0 aliphatic heterocycles. The monoisotopic (exact) mass is 284 g/mol. The maximum absolute atomic E-state index is 14.0. The van der Waals surface area contributed by atoms with Crippen LogP contribution in [-0.2, 0) is 11.3 Å². The Morgan fingerprint density at radius 3 is 2.85 bits per heavy atom. The first-order chi connectivity index (χ1) is 9.43. The van der Waals surface area contributed by atoms with Gasteiger partial charge in [0.1, 0.15) is 5.52 Å². The molecular weight excluding hydrogens is 271 g/mol. The number of aromatic nitrogens is 1. The van der Waals surface area contributed by atoms with Crippen molar-refractivity contribution < 1.29 is 23.8 Å². The first-order valence-corrected chi connectivity index (χ1v) is 5.91. The van der Waals surface area contributed by atoms with E-state index in [9.17, 15) is 14.0 Å². The fourth-order valence-corrected chi connectivity index (χ4v) is 1.85. The molecule has 0 spiro atoms. The number of hydrogen-bond donors (Lipinski definition) is 3. The molecule has 0 unspecified atom stereocenters. The Balaban J connectivity index is 2.34. The largest absolute Gasteiger partial charge is 0.479 e. The number of aliphatic carboxylic acids is 1. The van der Waals surface area contributed by atoms with E-state index in [1.165, 1.54) is 6.07 Å². The van der Waals surface area contributed by atoms with Gasteiger partial charge in [-0.05, 0) is 13.0 Å². The van der Waals surface area contributed by atoms with Crippen molar-refractivity contribution in [2.24, 2.45) is 0 Å². The molecule has 0 amide bonds. The van der Waals surface area contributed by atoms with Crippen LogP contribution in [0.15, 0.2) is 21.3 Å². The molecule has 1 aromatic carbocycles. The van der Waals surface area contributed by atoms with E-state index >= 15 is 0 Å². The van der Waals surface area contributed by atoms with Crippen molar-refractivity contribution in [1.82, 2.24) is 4.57 Å². The van der Waals surface area contributed by atoms with Crippen LogP contribution in [0.1, 0.15) is 6.92 Å². The van der Waals surface area contributed by atoms with Gasteiger partial charge in [-0.3, -0.25) is 4.57 Å². The van der Waals surface area contributed by atoms with Crippen LogP contribution in [0.3, 0.4) is 0 Å². The molecule has 0 radical (unpaired) electrons. The minimum absolute atomic E-state index is 0.0573. The van der Waals surface area contributed by atoms with E-state index in [1.54, 1.807) is 6.92 Å².